The zero-order chi connectivity index (χ0) is 18.9. The molecule has 1 fully saturated rings. The number of ether oxygens (including phenoxy) is 1. The summed E-state index contributed by atoms with van der Waals surface area (Å²) in [6.45, 7) is 2.76. The Bertz CT molecular complexity index is 692. The molecule has 0 aliphatic carbocycles. The quantitative estimate of drug-likeness (QED) is 0.824. The molecule has 1 aliphatic heterocycles. The van der Waals surface area contributed by atoms with Crippen molar-refractivity contribution in [1.82, 2.24) is 5.32 Å². The van der Waals surface area contributed by atoms with Crippen LogP contribution in [0.5, 0.6) is 5.75 Å². The van der Waals surface area contributed by atoms with Crippen LogP contribution in [0.15, 0.2) is 54.6 Å². The van der Waals surface area contributed by atoms with Crippen molar-refractivity contribution in [3.05, 3.63) is 65.7 Å². The van der Waals surface area contributed by atoms with Crippen LogP contribution in [-0.2, 0) is 4.79 Å². The number of carbonyl (C=O) groups excluding carboxylic acids is 1. The molecule has 1 heterocycles. The monoisotopic (exact) mass is 367 g/mol. The summed E-state index contributed by atoms with van der Waals surface area (Å²) in [6.07, 6.45) is 6.38. The van der Waals surface area contributed by atoms with E-state index in [9.17, 15) is 4.79 Å². The van der Waals surface area contributed by atoms with Crippen LogP contribution in [0.2, 0.25) is 0 Å². The highest BCUT2D eigenvalue weighted by Crippen LogP contribution is 2.24. The maximum Gasteiger partial charge on any atom is 0.275 e. The molecule has 4 nitrogen and oxygen atoms in total. The van der Waals surface area contributed by atoms with Gasteiger partial charge in [0.1, 0.15) is 5.75 Å². The van der Waals surface area contributed by atoms with Gasteiger partial charge in [-0.2, -0.15) is 0 Å². The van der Waals surface area contributed by atoms with Crippen LogP contribution >= 0.6 is 0 Å². The number of likely N-dealkylation sites (tertiary alicyclic amines) is 1. The Hall–Kier alpha value is -2.33. The second-order valence-electron chi connectivity index (χ2n) is 7.38. The molecule has 1 amide bonds. The van der Waals surface area contributed by atoms with E-state index in [4.69, 9.17) is 4.74 Å². The van der Waals surface area contributed by atoms with Crippen molar-refractivity contribution >= 4 is 5.91 Å². The molecule has 0 radical (unpaired) electrons. The highest BCUT2D eigenvalue weighted by atomic mass is 16.5. The number of methoxy groups -OCH3 is 1. The lowest BCUT2D eigenvalue weighted by Crippen LogP contribution is -3.13. The molecule has 27 heavy (non-hydrogen) atoms. The maximum absolute atomic E-state index is 12.8. The van der Waals surface area contributed by atoms with Crippen LogP contribution in [0, 0.1) is 0 Å². The van der Waals surface area contributed by atoms with Gasteiger partial charge in [-0.1, -0.05) is 48.9 Å². The third kappa shape index (κ3) is 5.83. The molecule has 0 spiro atoms. The van der Waals surface area contributed by atoms with E-state index in [2.05, 4.69) is 17.4 Å². The number of nitrogens with one attached hydrogen (secondary N) is 2. The van der Waals surface area contributed by atoms with Crippen molar-refractivity contribution in [1.29, 1.82) is 0 Å². The molecule has 2 aromatic carbocycles. The second-order valence-corrected chi connectivity index (χ2v) is 7.38. The minimum atomic E-state index is -0.140. The molecule has 4 heteroatoms. The van der Waals surface area contributed by atoms with E-state index in [-0.39, 0.29) is 11.9 Å². The van der Waals surface area contributed by atoms with E-state index in [0.717, 1.165) is 30.0 Å². The fourth-order valence-electron chi connectivity index (χ4n) is 3.82. The third-order valence-corrected chi connectivity index (χ3v) is 5.36. The van der Waals surface area contributed by atoms with Crippen LogP contribution in [0.4, 0.5) is 0 Å². The number of amides is 1. The highest BCUT2D eigenvalue weighted by molar-refractivity contribution is 5.78. The van der Waals surface area contributed by atoms with Gasteiger partial charge in [0.25, 0.3) is 5.91 Å². The van der Waals surface area contributed by atoms with Gasteiger partial charge in [-0.05, 0) is 48.9 Å². The molecular weight excluding hydrogens is 336 g/mol. The predicted molar refractivity (Wildman–Crippen MR) is 108 cm³/mol. The normalized spacial score (nSPS) is 16.8. The van der Waals surface area contributed by atoms with Gasteiger partial charge in [0.05, 0.1) is 26.2 Å². The van der Waals surface area contributed by atoms with Crippen LogP contribution in [0.3, 0.4) is 0 Å². The number of rotatable bonds is 6. The molecule has 2 N–H and O–H groups in total. The number of carbonyl (C=O) groups is 1. The largest absolute Gasteiger partial charge is 0.497 e. The topological polar surface area (TPSA) is 42.8 Å². The fraction of sp³-hybridized carbons (Fsp3) is 0.435. The van der Waals surface area contributed by atoms with Crippen LogP contribution in [-0.4, -0.2) is 32.7 Å². The zero-order valence-corrected chi connectivity index (χ0v) is 16.2. The molecule has 0 bridgehead atoms. The Balaban J connectivity index is 1.71. The Morgan fingerprint density at radius 3 is 2.15 bits per heavy atom. The SMILES string of the molecule is COc1ccc([C@@H](NC(=O)C[NH+]2CCCCCCC2)c2ccccc2)cc1. The van der Waals surface area contributed by atoms with Gasteiger partial charge in [0, 0.05) is 0 Å². The summed E-state index contributed by atoms with van der Waals surface area (Å²) >= 11 is 0. The summed E-state index contributed by atoms with van der Waals surface area (Å²) in [5, 5.41) is 3.27. The summed E-state index contributed by atoms with van der Waals surface area (Å²) in [5.41, 5.74) is 2.16. The van der Waals surface area contributed by atoms with E-state index in [1.807, 2.05) is 42.5 Å². The molecule has 0 unspecified atom stereocenters. The van der Waals surface area contributed by atoms with Gasteiger partial charge in [0.2, 0.25) is 0 Å². The molecule has 0 saturated carbocycles. The smallest absolute Gasteiger partial charge is 0.275 e. The first-order chi connectivity index (χ1) is 13.3. The van der Waals surface area contributed by atoms with Gasteiger partial charge in [-0.3, -0.25) is 4.79 Å². The first-order valence-electron chi connectivity index (χ1n) is 10.1. The van der Waals surface area contributed by atoms with Crippen molar-refractivity contribution in [3.63, 3.8) is 0 Å². The molecular formula is C23H31N2O2+. The molecule has 1 aliphatic rings. The van der Waals surface area contributed by atoms with Crippen molar-refractivity contribution in [3.8, 4) is 5.75 Å². The summed E-state index contributed by atoms with van der Waals surface area (Å²) in [6, 6.07) is 18.0. The lowest BCUT2D eigenvalue weighted by atomic mass is 9.98. The minimum Gasteiger partial charge on any atom is -0.497 e. The molecule has 3 rings (SSSR count). The van der Waals surface area contributed by atoms with Crippen molar-refractivity contribution in [2.24, 2.45) is 0 Å². The van der Waals surface area contributed by atoms with Crippen LogP contribution < -0.4 is 15.0 Å². The molecule has 1 atom stereocenters. The van der Waals surface area contributed by atoms with E-state index in [1.165, 1.54) is 37.0 Å². The van der Waals surface area contributed by atoms with Crippen molar-refractivity contribution < 1.29 is 14.4 Å². The van der Waals surface area contributed by atoms with E-state index in [0.29, 0.717) is 6.54 Å². The van der Waals surface area contributed by atoms with Crippen molar-refractivity contribution in [2.75, 3.05) is 26.7 Å². The standard InChI is InChI=1S/C23H30N2O2/c1-27-21-14-12-20(13-15-21)23(19-10-6-5-7-11-19)24-22(26)18-25-16-8-3-2-4-9-17-25/h5-7,10-15,23H,2-4,8-9,16-18H2,1H3,(H,24,26)/p+1/t23-/m0/s1. The summed E-state index contributed by atoms with van der Waals surface area (Å²) in [5.74, 6) is 0.942. The first-order valence-corrected chi connectivity index (χ1v) is 10.1. The first kappa shape index (κ1) is 19.4. The number of hydrogen-bond donors (Lipinski definition) is 2. The Labute approximate surface area is 162 Å². The zero-order valence-electron chi connectivity index (χ0n) is 16.2. The number of hydrogen-bond acceptors (Lipinski definition) is 2. The molecule has 144 valence electrons. The number of benzene rings is 2. The summed E-state index contributed by atoms with van der Waals surface area (Å²) in [4.78, 5) is 14.2. The van der Waals surface area contributed by atoms with Gasteiger partial charge >= 0.3 is 0 Å². The fourth-order valence-corrected chi connectivity index (χ4v) is 3.82. The summed E-state index contributed by atoms with van der Waals surface area (Å²) < 4.78 is 5.27. The Morgan fingerprint density at radius 1 is 0.926 bits per heavy atom. The predicted octanol–water partition coefficient (Wildman–Crippen LogP) is 2.75. The average molecular weight is 368 g/mol. The van der Waals surface area contributed by atoms with Gasteiger partial charge in [0.15, 0.2) is 6.54 Å². The van der Waals surface area contributed by atoms with Gasteiger partial charge < -0.3 is 15.0 Å². The molecule has 2 aromatic rings. The lowest BCUT2D eigenvalue weighted by molar-refractivity contribution is -0.893. The number of quaternary nitrogens is 1. The van der Waals surface area contributed by atoms with E-state index >= 15 is 0 Å². The summed E-state index contributed by atoms with van der Waals surface area (Å²) in [7, 11) is 1.66. The molecule has 1 saturated heterocycles. The minimum absolute atomic E-state index is 0.121. The van der Waals surface area contributed by atoms with Gasteiger partial charge in [-0.25, -0.2) is 0 Å². The van der Waals surface area contributed by atoms with E-state index < -0.39 is 0 Å². The van der Waals surface area contributed by atoms with Gasteiger partial charge in [-0.15, -0.1) is 0 Å². The van der Waals surface area contributed by atoms with Crippen LogP contribution in [0.25, 0.3) is 0 Å². The highest BCUT2D eigenvalue weighted by Gasteiger charge is 2.21. The maximum atomic E-state index is 12.8. The van der Waals surface area contributed by atoms with Crippen LogP contribution in [0.1, 0.15) is 49.3 Å². The Kier molecular flexibility index (Phi) is 7.28. The Morgan fingerprint density at radius 2 is 1.52 bits per heavy atom. The van der Waals surface area contributed by atoms with E-state index in [1.54, 1.807) is 7.11 Å². The average Bonchev–Trinajstić information content (AvgIpc) is 2.69. The third-order valence-electron chi connectivity index (χ3n) is 5.36. The lowest BCUT2D eigenvalue weighted by Gasteiger charge is -2.24. The van der Waals surface area contributed by atoms with Crippen molar-refractivity contribution in [2.45, 2.75) is 38.1 Å². The second kappa shape index (κ2) is 10.1. The molecule has 0 aromatic heterocycles.